The molecule has 6 heteroatoms. The number of fused-ring (bicyclic) bond motifs is 1. The highest BCUT2D eigenvalue weighted by Crippen LogP contribution is 2.25. The summed E-state index contributed by atoms with van der Waals surface area (Å²) >= 11 is 5.97. The number of halogens is 2. The molecule has 0 N–H and O–H groups in total. The molecule has 138 valence electrons. The van der Waals surface area contributed by atoms with Gasteiger partial charge in [0.05, 0.1) is 11.1 Å². The van der Waals surface area contributed by atoms with Gasteiger partial charge in [0.2, 0.25) is 0 Å². The van der Waals surface area contributed by atoms with Gasteiger partial charge in [0.1, 0.15) is 12.4 Å². The molecular weight excluding hydrogens is 379 g/mol. The van der Waals surface area contributed by atoms with E-state index in [4.69, 9.17) is 11.6 Å². The topological polar surface area (TPSA) is 52.0 Å². The minimum atomic E-state index is -0.428. The standard InChI is InChI=1S/C22H14ClFN2O2/c23-16-9-5-15(6-10-16)21-18-3-1-2-4-19(18)22(28)26(25-21)13-20(27)14-7-11-17(24)12-8-14/h1-12H,13H2. The van der Waals surface area contributed by atoms with E-state index in [-0.39, 0.29) is 17.9 Å². The van der Waals surface area contributed by atoms with Crippen molar-refractivity contribution in [3.05, 3.63) is 99.6 Å². The van der Waals surface area contributed by atoms with Crippen LogP contribution >= 0.6 is 11.6 Å². The minimum Gasteiger partial charge on any atom is -0.292 e. The lowest BCUT2D eigenvalue weighted by Crippen LogP contribution is -2.27. The third-order valence-electron chi connectivity index (χ3n) is 4.44. The molecule has 1 heterocycles. The number of carbonyl (C=O) groups is 1. The fraction of sp³-hybridized carbons (Fsp3) is 0.0455. The summed E-state index contributed by atoms with van der Waals surface area (Å²) in [5, 5.41) is 6.20. The van der Waals surface area contributed by atoms with E-state index < -0.39 is 5.82 Å². The van der Waals surface area contributed by atoms with E-state index in [0.29, 0.717) is 27.1 Å². The molecule has 3 aromatic carbocycles. The molecule has 28 heavy (non-hydrogen) atoms. The first kappa shape index (κ1) is 18.1. The number of hydrogen-bond donors (Lipinski definition) is 0. The fourth-order valence-electron chi connectivity index (χ4n) is 3.03. The van der Waals surface area contributed by atoms with Crippen LogP contribution < -0.4 is 5.56 Å². The van der Waals surface area contributed by atoms with Crippen molar-refractivity contribution in [2.75, 3.05) is 0 Å². The predicted molar refractivity (Wildman–Crippen MR) is 107 cm³/mol. The van der Waals surface area contributed by atoms with Gasteiger partial charge in [-0.15, -0.1) is 0 Å². The number of ketones is 1. The summed E-state index contributed by atoms with van der Waals surface area (Å²) in [6.45, 7) is -0.240. The Bertz CT molecular complexity index is 1230. The second-order valence-corrected chi connectivity index (χ2v) is 6.73. The van der Waals surface area contributed by atoms with E-state index in [9.17, 15) is 14.0 Å². The normalized spacial score (nSPS) is 10.9. The Labute approximate surface area is 164 Å². The minimum absolute atomic E-state index is 0.240. The van der Waals surface area contributed by atoms with Gasteiger partial charge in [-0.1, -0.05) is 41.9 Å². The van der Waals surface area contributed by atoms with E-state index in [1.165, 1.54) is 24.3 Å². The molecule has 0 radical (unpaired) electrons. The molecule has 0 aliphatic carbocycles. The molecule has 0 aliphatic heterocycles. The maximum Gasteiger partial charge on any atom is 0.275 e. The number of hydrogen-bond acceptors (Lipinski definition) is 3. The van der Waals surface area contributed by atoms with Crippen molar-refractivity contribution in [1.82, 2.24) is 9.78 Å². The van der Waals surface area contributed by atoms with Gasteiger partial charge in [-0.2, -0.15) is 5.10 Å². The Morgan fingerprint density at radius 2 is 1.57 bits per heavy atom. The summed E-state index contributed by atoms with van der Waals surface area (Å²) in [7, 11) is 0. The van der Waals surface area contributed by atoms with Crippen LogP contribution in [0.25, 0.3) is 22.0 Å². The van der Waals surface area contributed by atoms with E-state index >= 15 is 0 Å². The Balaban J connectivity index is 1.83. The van der Waals surface area contributed by atoms with Crippen LogP contribution in [0.3, 0.4) is 0 Å². The summed E-state index contributed by atoms with van der Waals surface area (Å²) in [6.07, 6.45) is 0. The molecule has 4 rings (SSSR count). The van der Waals surface area contributed by atoms with Crippen LogP contribution in [0.2, 0.25) is 5.02 Å². The number of benzene rings is 3. The summed E-state index contributed by atoms with van der Waals surface area (Å²) in [5.41, 5.74) is 1.32. The van der Waals surface area contributed by atoms with Crippen LogP contribution in [-0.4, -0.2) is 15.6 Å². The highest BCUT2D eigenvalue weighted by Gasteiger charge is 2.15. The molecule has 4 aromatic rings. The third-order valence-corrected chi connectivity index (χ3v) is 4.70. The van der Waals surface area contributed by atoms with Gasteiger partial charge in [0.15, 0.2) is 5.78 Å². The molecule has 0 bridgehead atoms. The lowest BCUT2D eigenvalue weighted by Gasteiger charge is -2.11. The predicted octanol–water partition coefficient (Wildman–Crippen LogP) is 4.74. The van der Waals surface area contributed by atoms with Crippen molar-refractivity contribution in [1.29, 1.82) is 0 Å². The van der Waals surface area contributed by atoms with Gasteiger partial charge < -0.3 is 0 Å². The first-order chi connectivity index (χ1) is 13.5. The van der Waals surface area contributed by atoms with Gasteiger partial charge in [0, 0.05) is 21.5 Å². The number of nitrogens with zero attached hydrogens (tertiary/aromatic N) is 2. The molecule has 0 fully saturated rings. The van der Waals surface area contributed by atoms with Gasteiger partial charge in [-0.25, -0.2) is 9.07 Å². The number of rotatable bonds is 4. The molecule has 0 saturated carbocycles. The first-order valence-corrected chi connectivity index (χ1v) is 8.95. The van der Waals surface area contributed by atoms with Crippen LogP contribution in [-0.2, 0) is 6.54 Å². The SMILES string of the molecule is O=C(Cn1nc(-c2ccc(Cl)cc2)c2ccccc2c1=O)c1ccc(F)cc1. The van der Waals surface area contributed by atoms with Gasteiger partial charge in [0.25, 0.3) is 5.56 Å². The highest BCUT2D eigenvalue weighted by atomic mass is 35.5. The molecule has 0 atom stereocenters. The zero-order chi connectivity index (χ0) is 19.7. The Morgan fingerprint density at radius 1 is 0.929 bits per heavy atom. The Morgan fingerprint density at radius 3 is 2.25 bits per heavy atom. The largest absolute Gasteiger partial charge is 0.292 e. The maximum absolute atomic E-state index is 13.1. The number of aromatic nitrogens is 2. The van der Waals surface area contributed by atoms with Crippen molar-refractivity contribution in [3.8, 4) is 11.3 Å². The summed E-state index contributed by atoms with van der Waals surface area (Å²) in [4.78, 5) is 25.4. The van der Waals surface area contributed by atoms with Crippen LogP contribution in [0.4, 0.5) is 4.39 Å². The van der Waals surface area contributed by atoms with Crippen molar-refractivity contribution in [3.63, 3.8) is 0 Å². The van der Waals surface area contributed by atoms with E-state index in [2.05, 4.69) is 5.10 Å². The average molecular weight is 393 g/mol. The summed E-state index contributed by atoms with van der Waals surface area (Å²) in [5.74, 6) is -0.755. The third kappa shape index (κ3) is 3.44. The summed E-state index contributed by atoms with van der Waals surface area (Å²) < 4.78 is 14.2. The quantitative estimate of drug-likeness (QED) is 0.471. The van der Waals surface area contributed by atoms with Crippen molar-refractivity contribution >= 4 is 28.2 Å². The summed E-state index contributed by atoms with van der Waals surface area (Å²) in [6, 6.07) is 19.4. The monoisotopic (exact) mass is 392 g/mol. The molecule has 4 nitrogen and oxygen atoms in total. The van der Waals surface area contributed by atoms with Crippen LogP contribution in [0, 0.1) is 5.82 Å². The van der Waals surface area contributed by atoms with Crippen molar-refractivity contribution in [2.24, 2.45) is 0 Å². The van der Waals surface area contributed by atoms with Crippen LogP contribution in [0.5, 0.6) is 0 Å². The molecule has 0 aliphatic rings. The molecule has 0 spiro atoms. The van der Waals surface area contributed by atoms with Gasteiger partial charge in [-0.05, 0) is 42.5 Å². The second kappa shape index (κ2) is 7.37. The maximum atomic E-state index is 13.1. The fourth-order valence-corrected chi connectivity index (χ4v) is 3.15. The Kier molecular flexibility index (Phi) is 4.75. The van der Waals surface area contributed by atoms with E-state index in [0.717, 1.165) is 10.2 Å². The molecule has 1 aromatic heterocycles. The molecular formula is C22H14ClFN2O2. The van der Waals surface area contributed by atoms with Crippen LogP contribution in [0.15, 0.2) is 77.6 Å². The zero-order valence-corrected chi connectivity index (χ0v) is 15.4. The first-order valence-electron chi connectivity index (χ1n) is 8.57. The van der Waals surface area contributed by atoms with E-state index in [1.807, 2.05) is 24.3 Å². The van der Waals surface area contributed by atoms with Gasteiger partial charge >= 0.3 is 0 Å². The lowest BCUT2D eigenvalue weighted by molar-refractivity contribution is 0.0966. The lowest BCUT2D eigenvalue weighted by atomic mass is 10.0. The average Bonchev–Trinajstić information content (AvgIpc) is 2.71. The highest BCUT2D eigenvalue weighted by molar-refractivity contribution is 6.30. The van der Waals surface area contributed by atoms with Crippen molar-refractivity contribution in [2.45, 2.75) is 6.54 Å². The zero-order valence-electron chi connectivity index (χ0n) is 14.6. The van der Waals surface area contributed by atoms with E-state index in [1.54, 1.807) is 24.3 Å². The molecule has 0 amide bonds. The smallest absolute Gasteiger partial charge is 0.275 e. The number of carbonyl (C=O) groups excluding carboxylic acids is 1. The second-order valence-electron chi connectivity index (χ2n) is 6.29. The Hall–Kier alpha value is -3.31. The molecule has 0 saturated heterocycles. The number of Topliss-reactive ketones (excluding diaryl/α,β-unsaturated/α-hetero) is 1. The molecule has 0 unspecified atom stereocenters. The van der Waals surface area contributed by atoms with Crippen LogP contribution in [0.1, 0.15) is 10.4 Å². The van der Waals surface area contributed by atoms with Gasteiger partial charge in [-0.3, -0.25) is 9.59 Å². The van der Waals surface area contributed by atoms with Crippen molar-refractivity contribution < 1.29 is 9.18 Å².